The summed E-state index contributed by atoms with van der Waals surface area (Å²) in [6.45, 7) is 32.1. The number of rotatable bonds is 11. The molecule has 8 nitrogen and oxygen atoms in total. The molecular weight excluding hydrogens is 542 g/mol. The van der Waals surface area contributed by atoms with Crippen molar-refractivity contribution in [1.82, 2.24) is 15.5 Å². The van der Waals surface area contributed by atoms with Gasteiger partial charge in [-0.25, -0.2) is 4.79 Å². The van der Waals surface area contributed by atoms with E-state index in [2.05, 4.69) is 71.3 Å². The third-order valence-corrected chi connectivity index (χ3v) is 4.65. The molecule has 0 aliphatic heterocycles. The Bertz CT molecular complexity index is 731. The van der Waals surface area contributed by atoms with Crippen molar-refractivity contribution in [3.8, 4) is 12.8 Å². The van der Waals surface area contributed by atoms with E-state index in [-0.39, 0.29) is 29.0 Å². The number of hydrogen-bond donors (Lipinski definition) is 3. The van der Waals surface area contributed by atoms with Gasteiger partial charge in [-0.3, -0.25) is 9.59 Å². The van der Waals surface area contributed by atoms with Crippen molar-refractivity contribution in [3.05, 3.63) is 48.6 Å². The van der Waals surface area contributed by atoms with E-state index in [9.17, 15) is 14.4 Å². The summed E-state index contributed by atoms with van der Waals surface area (Å²) in [6, 6.07) is 0.122. The van der Waals surface area contributed by atoms with E-state index in [1.54, 1.807) is 20.2 Å². The molecule has 0 saturated carbocycles. The summed E-state index contributed by atoms with van der Waals surface area (Å²) in [5.74, 6) is -0.860. The summed E-state index contributed by atoms with van der Waals surface area (Å²) in [7, 11) is 5.06. The van der Waals surface area contributed by atoms with E-state index in [0.29, 0.717) is 19.6 Å². The summed E-state index contributed by atoms with van der Waals surface area (Å²) in [6.07, 6.45) is 17.8. The molecule has 0 heterocycles. The molecule has 0 aliphatic rings. The SMILES string of the molecule is C#C.C/C(=C\CN(C)C=O)C(=O)O.C=C(C)COC.C=C/C=C\C.CC.CCC.CC[C@H](NC)C(=O)NC(C)C(C)(C)C. The number of nitrogens with one attached hydrogen (secondary N) is 2. The molecule has 3 N–H and O–H groups in total. The summed E-state index contributed by atoms with van der Waals surface area (Å²) >= 11 is 0. The van der Waals surface area contributed by atoms with Crippen molar-refractivity contribution >= 4 is 18.3 Å². The van der Waals surface area contributed by atoms with E-state index < -0.39 is 5.97 Å². The molecule has 0 aromatic rings. The maximum atomic E-state index is 11.7. The second-order valence-corrected chi connectivity index (χ2v) is 9.94. The number of carboxylic acid groups (broad SMARTS) is 1. The molecule has 2 amide bonds. The Hall–Kier alpha value is -3.15. The molecule has 0 saturated heterocycles. The van der Waals surface area contributed by atoms with Gasteiger partial charge in [0.25, 0.3) is 0 Å². The number of hydrogen-bond acceptors (Lipinski definition) is 5. The van der Waals surface area contributed by atoms with E-state index >= 15 is 0 Å². The topological polar surface area (TPSA) is 108 Å². The van der Waals surface area contributed by atoms with Crippen LogP contribution in [-0.2, 0) is 19.1 Å². The van der Waals surface area contributed by atoms with Crippen molar-refractivity contribution in [3.63, 3.8) is 0 Å². The Kier molecular flexibility index (Phi) is 56.1. The first-order valence-electron chi connectivity index (χ1n) is 14.7. The first kappa shape index (κ1) is 55.7. The van der Waals surface area contributed by atoms with Crippen molar-refractivity contribution in [2.45, 2.75) is 108 Å². The Morgan fingerprint density at radius 3 is 1.74 bits per heavy atom. The zero-order valence-electron chi connectivity index (χ0n) is 30.5. The lowest BCUT2D eigenvalue weighted by Crippen LogP contribution is -2.49. The summed E-state index contributed by atoms with van der Waals surface area (Å²) in [4.78, 5) is 33.3. The minimum atomic E-state index is -0.954. The highest BCUT2D eigenvalue weighted by molar-refractivity contribution is 5.85. The van der Waals surface area contributed by atoms with Crippen molar-refractivity contribution in [2.24, 2.45) is 5.41 Å². The van der Waals surface area contributed by atoms with Gasteiger partial charge in [0, 0.05) is 32.3 Å². The van der Waals surface area contributed by atoms with Crippen LogP contribution in [0.2, 0.25) is 0 Å². The van der Waals surface area contributed by atoms with Gasteiger partial charge in [0.1, 0.15) is 0 Å². The molecule has 0 spiro atoms. The largest absolute Gasteiger partial charge is 0.478 e. The Morgan fingerprint density at radius 1 is 1.12 bits per heavy atom. The van der Waals surface area contributed by atoms with E-state index in [1.807, 2.05) is 60.7 Å². The Balaban J connectivity index is -0.0000000792. The standard InChI is InChI=1S/C11H24N2O.C7H11NO3.C5H10O.C5H8.C3H8.C2H6.C2H2/c1-7-9(12-6)10(14)13-8(2)11(3,4)5;1-6(7(10)11)3-4-8(2)5-9;1-5(2)4-6-3;1-3-5-4-2;1-3-2;2*1-2/h8-9,12H,7H2,1-6H3,(H,13,14);3,5H,4H2,1-2H3,(H,10,11);1,4H2,2-3H3;3-5H,1H2,2H3;3H2,1-2H3;1-2H3;1-2H/b;6-3+;;5-4-;;;/t8?,9-;;;;;;/m0....../s1. The molecule has 0 fully saturated rings. The lowest BCUT2D eigenvalue weighted by atomic mass is 9.88. The van der Waals surface area contributed by atoms with Crippen LogP contribution in [0.3, 0.4) is 0 Å². The molecule has 0 aromatic heterocycles. The van der Waals surface area contributed by atoms with Gasteiger partial charge in [0.05, 0.1) is 12.6 Å². The monoisotopic (exact) mass is 612 g/mol. The first-order chi connectivity index (χ1) is 20.0. The first-order valence-corrected chi connectivity index (χ1v) is 14.7. The molecule has 8 heteroatoms. The number of terminal acetylenes is 1. The lowest BCUT2D eigenvalue weighted by molar-refractivity contribution is -0.132. The zero-order valence-corrected chi connectivity index (χ0v) is 30.5. The molecule has 0 aromatic carbocycles. The number of allylic oxidation sites excluding steroid dienone is 3. The Morgan fingerprint density at radius 2 is 1.56 bits per heavy atom. The average molecular weight is 612 g/mol. The van der Waals surface area contributed by atoms with Gasteiger partial charge in [-0.05, 0) is 46.6 Å². The van der Waals surface area contributed by atoms with E-state index in [0.717, 1.165) is 12.0 Å². The molecule has 0 radical (unpaired) electrons. The minimum Gasteiger partial charge on any atom is -0.478 e. The molecule has 0 aliphatic carbocycles. The van der Waals surface area contributed by atoms with Crippen LogP contribution in [0, 0.1) is 18.3 Å². The fourth-order valence-electron chi connectivity index (χ4n) is 1.84. The van der Waals surface area contributed by atoms with Crippen LogP contribution >= 0.6 is 0 Å². The van der Waals surface area contributed by atoms with Crippen LogP contribution in [0.5, 0.6) is 0 Å². The second-order valence-electron chi connectivity index (χ2n) is 9.94. The third kappa shape index (κ3) is 55.4. The number of carbonyl (C=O) groups is 3. The number of carbonyl (C=O) groups excluding carboxylic acids is 2. The van der Waals surface area contributed by atoms with Crippen LogP contribution in [0.15, 0.2) is 48.6 Å². The molecule has 0 rings (SSSR count). The van der Waals surface area contributed by atoms with E-state index in [1.165, 1.54) is 24.3 Å². The van der Waals surface area contributed by atoms with Crippen LogP contribution in [0.1, 0.15) is 95.9 Å². The van der Waals surface area contributed by atoms with Crippen molar-refractivity contribution < 1.29 is 24.2 Å². The number of nitrogens with zero attached hydrogens (tertiary/aromatic N) is 1. The normalized spacial score (nSPS) is 10.9. The smallest absolute Gasteiger partial charge is 0.331 e. The van der Waals surface area contributed by atoms with Crippen LogP contribution in [-0.4, -0.2) is 74.7 Å². The zero-order chi connectivity index (χ0) is 36.0. The van der Waals surface area contributed by atoms with Gasteiger partial charge in [0.2, 0.25) is 12.3 Å². The maximum Gasteiger partial charge on any atom is 0.331 e. The van der Waals surface area contributed by atoms with Gasteiger partial charge in [0.15, 0.2) is 0 Å². The predicted molar refractivity (Wildman–Crippen MR) is 189 cm³/mol. The summed E-state index contributed by atoms with van der Waals surface area (Å²) in [5.41, 5.74) is 1.43. The van der Waals surface area contributed by atoms with Crippen LogP contribution in [0.25, 0.3) is 0 Å². The van der Waals surface area contributed by atoms with Gasteiger partial charge >= 0.3 is 5.97 Å². The molecule has 2 atom stereocenters. The predicted octanol–water partition coefficient (Wildman–Crippen LogP) is 7.29. The highest BCUT2D eigenvalue weighted by atomic mass is 16.5. The molecule has 43 heavy (non-hydrogen) atoms. The second kappa shape index (κ2) is 43.3. The summed E-state index contributed by atoms with van der Waals surface area (Å²) < 4.78 is 4.70. The number of aliphatic carboxylic acids is 1. The van der Waals surface area contributed by atoms with Gasteiger partial charge in [-0.2, -0.15) is 0 Å². The highest BCUT2D eigenvalue weighted by Crippen LogP contribution is 2.18. The van der Waals surface area contributed by atoms with Crippen LogP contribution < -0.4 is 10.6 Å². The van der Waals surface area contributed by atoms with Crippen LogP contribution in [0.4, 0.5) is 0 Å². The molecule has 254 valence electrons. The molecule has 1 unspecified atom stereocenters. The quantitative estimate of drug-likeness (QED) is 0.0744. The Labute approximate surface area is 267 Å². The average Bonchev–Trinajstić information content (AvgIpc) is 2.95. The highest BCUT2D eigenvalue weighted by Gasteiger charge is 2.24. The minimum absolute atomic E-state index is 0.0696. The third-order valence-electron chi connectivity index (χ3n) is 4.65. The number of carboxylic acids is 1. The van der Waals surface area contributed by atoms with E-state index in [4.69, 9.17) is 9.84 Å². The number of likely N-dealkylation sites (N-methyl/N-ethyl adjacent to an activating group) is 2. The molecule has 0 bridgehead atoms. The summed E-state index contributed by atoms with van der Waals surface area (Å²) in [5, 5.41) is 14.4. The lowest BCUT2D eigenvalue weighted by Gasteiger charge is -2.29. The van der Waals surface area contributed by atoms with Crippen molar-refractivity contribution in [1.29, 1.82) is 0 Å². The van der Waals surface area contributed by atoms with Gasteiger partial charge < -0.3 is 25.4 Å². The molecular formula is C35H69N3O5. The number of amides is 2. The number of methoxy groups -OCH3 is 1. The maximum absolute atomic E-state index is 11.7. The van der Waals surface area contributed by atoms with Gasteiger partial charge in [-0.1, -0.05) is 105 Å². The number of ether oxygens (including phenoxy) is 1. The van der Waals surface area contributed by atoms with Gasteiger partial charge in [-0.15, -0.1) is 12.8 Å². The van der Waals surface area contributed by atoms with Crippen molar-refractivity contribution in [2.75, 3.05) is 34.4 Å². The fraction of sp³-hybridized carbons (Fsp3) is 0.629. The fourth-order valence-corrected chi connectivity index (χ4v) is 1.84.